The van der Waals surface area contributed by atoms with Crippen LogP contribution in [0.25, 0.3) is 10.6 Å². The van der Waals surface area contributed by atoms with Crippen molar-refractivity contribution in [1.29, 1.82) is 0 Å². The predicted octanol–water partition coefficient (Wildman–Crippen LogP) is 3.27. The van der Waals surface area contributed by atoms with Crippen molar-refractivity contribution in [2.45, 2.75) is 20.0 Å². The van der Waals surface area contributed by atoms with E-state index in [1.807, 2.05) is 12.4 Å². The number of hydrogen-bond acceptors (Lipinski definition) is 6. The van der Waals surface area contributed by atoms with Crippen LogP contribution in [0.5, 0.6) is 0 Å². The molecule has 114 valence electrons. The second kappa shape index (κ2) is 6.33. The Balaban J connectivity index is 1.65. The first-order valence-electron chi connectivity index (χ1n) is 6.78. The summed E-state index contributed by atoms with van der Waals surface area (Å²) in [7, 11) is 1.97. The Morgan fingerprint density at radius 3 is 2.64 bits per heavy atom. The maximum Gasteiger partial charge on any atom is 0.223 e. The molecule has 22 heavy (non-hydrogen) atoms. The zero-order valence-corrected chi connectivity index (χ0v) is 13.1. The monoisotopic (exact) mass is 318 g/mol. The molecule has 1 aromatic carbocycles. The average molecular weight is 318 g/mol. The summed E-state index contributed by atoms with van der Waals surface area (Å²) in [5, 5.41) is 6.78. The molecule has 5 nitrogen and oxygen atoms in total. The van der Waals surface area contributed by atoms with Crippen molar-refractivity contribution < 1.29 is 8.91 Å². The van der Waals surface area contributed by atoms with Crippen molar-refractivity contribution >= 4 is 11.3 Å². The van der Waals surface area contributed by atoms with E-state index in [1.165, 1.54) is 12.1 Å². The molecule has 0 unspecified atom stereocenters. The van der Waals surface area contributed by atoms with Gasteiger partial charge in [0.05, 0.1) is 12.2 Å². The van der Waals surface area contributed by atoms with Crippen LogP contribution in [0.1, 0.15) is 17.4 Å². The van der Waals surface area contributed by atoms with Crippen LogP contribution in [-0.2, 0) is 13.1 Å². The van der Waals surface area contributed by atoms with E-state index in [2.05, 4.69) is 20.0 Å². The van der Waals surface area contributed by atoms with E-state index in [-0.39, 0.29) is 5.82 Å². The molecule has 0 fully saturated rings. The van der Waals surface area contributed by atoms with E-state index in [0.29, 0.717) is 24.8 Å². The van der Waals surface area contributed by atoms with Gasteiger partial charge < -0.3 is 4.52 Å². The number of rotatable bonds is 5. The molecule has 0 aliphatic rings. The van der Waals surface area contributed by atoms with Crippen LogP contribution in [-0.4, -0.2) is 27.1 Å². The third-order valence-corrected chi connectivity index (χ3v) is 4.00. The van der Waals surface area contributed by atoms with Gasteiger partial charge in [-0.15, -0.1) is 11.3 Å². The van der Waals surface area contributed by atoms with Crippen LogP contribution in [0, 0.1) is 12.7 Å². The van der Waals surface area contributed by atoms with E-state index < -0.39 is 0 Å². The standard InChI is InChI=1S/C15H15FN4OS/c1-10-17-14(19-21-10)8-20(2)7-13-9-22-15(18-13)11-3-5-12(16)6-4-11/h3-6,9H,7-8H2,1-2H3. The molecule has 7 heteroatoms. The van der Waals surface area contributed by atoms with E-state index in [4.69, 9.17) is 4.52 Å². The molecule has 3 aromatic rings. The molecule has 0 saturated heterocycles. The van der Waals surface area contributed by atoms with E-state index in [1.54, 1.807) is 30.4 Å². The van der Waals surface area contributed by atoms with Gasteiger partial charge in [0, 0.05) is 24.4 Å². The van der Waals surface area contributed by atoms with Crippen LogP contribution in [0.2, 0.25) is 0 Å². The highest BCUT2D eigenvalue weighted by atomic mass is 32.1. The second-order valence-electron chi connectivity index (χ2n) is 5.05. The molecule has 0 atom stereocenters. The second-order valence-corrected chi connectivity index (χ2v) is 5.91. The zero-order valence-electron chi connectivity index (χ0n) is 12.3. The lowest BCUT2D eigenvalue weighted by Gasteiger charge is -2.12. The zero-order chi connectivity index (χ0) is 15.5. The topological polar surface area (TPSA) is 55.1 Å². The first kappa shape index (κ1) is 14.8. The lowest BCUT2D eigenvalue weighted by Crippen LogP contribution is -2.18. The SMILES string of the molecule is Cc1nc(CN(C)Cc2csc(-c3ccc(F)cc3)n2)no1. The molecule has 2 aromatic heterocycles. The lowest BCUT2D eigenvalue weighted by molar-refractivity contribution is 0.298. The van der Waals surface area contributed by atoms with Crippen molar-refractivity contribution in [3.05, 3.63) is 52.9 Å². The fourth-order valence-corrected chi connectivity index (χ4v) is 2.90. The normalized spacial score (nSPS) is 11.3. The number of benzene rings is 1. The molecule has 0 aliphatic heterocycles. The smallest absolute Gasteiger partial charge is 0.223 e. The Morgan fingerprint density at radius 1 is 1.18 bits per heavy atom. The predicted molar refractivity (Wildman–Crippen MR) is 81.7 cm³/mol. The van der Waals surface area contributed by atoms with Crippen LogP contribution >= 0.6 is 11.3 Å². The summed E-state index contributed by atoms with van der Waals surface area (Å²) < 4.78 is 17.9. The number of thiazole rings is 1. The summed E-state index contributed by atoms with van der Waals surface area (Å²) in [6.45, 7) is 3.05. The summed E-state index contributed by atoms with van der Waals surface area (Å²) in [6.07, 6.45) is 0. The highest BCUT2D eigenvalue weighted by Gasteiger charge is 2.10. The first-order chi connectivity index (χ1) is 10.6. The summed E-state index contributed by atoms with van der Waals surface area (Å²) in [5.74, 6) is 0.986. The molecule has 3 rings (SSSR count). The molecular weight excluding hydrogens is 303 g/mol. The Hall–Kier alpha value is -2.12. The minimum Gasteiger partial charge on any atom is -0.340 e. The maximum absolute atomic E-state index is 12.9. The van der Waals surface area contributed by atoms with Crippen molar-refractivity contribution in [3.8, 4) is 10.6 Å². The van der Waals surface area contributed by atoms with Gasteiger partial charge in [-0.1, -0.05) is 5.16 Å². The van der Waals surface area contributed by atoms with Gasteiger partial charge in [-0.3, -0.25) is 4.90 Å². The van der Waals surface area contributed by atoms with Crippen LogP contribution in [0.3, 0.4) is 0 Å². The Bertz CT molecular complexity index is 753. The quantitative estimate of drug-likeness (QED) is 0.722. The van der Waals surface area contributed by atoms with E-state index in [0.717, 1.165) is 16.3 Å². The van der Waals surface area contributed by atoms with Crippen molar-refractivity contribution in [2.24, 2.45) is 0 Å². The number of aryl methyl sites for hydroxylation is 1. The van der Waals surface area contributed by atoms with Gasteiger partial charge in [-0.05, 0) is 31.3 Å². The average Bonchev–Trinajstić information content (AvgIpc) is 3.09. The molecule has 0 spiro atoms. The van der Waals surface area contributed by atoms with Crippen molar-refractivity contribution in [3.63, 3.8) is 0 Å². The molecule has 2 heterocycles. The van der Waals surface area contributed by atoms with Gasteiger partial charge in [0.15, 0.2) is 5.82 Å². The van der Waals surface area contributed by atoms with E-state index >= 15 is 0 Å². The fourth-order valence-electron chi connectivity index (χ4n) is 2.08. The van der Waals surface area contributed by atoms with Crippen LogP contribution in [0.15, 0.2) is 34.2 Å². The van der Waals surface area contributed by atoms with Crippen molar-refractivity contribution in [1.82, 2.24) is 20.0 Å². The molecule has 0 bridgehead atoms. The van der Waals surface area contributed by atoms with Gasteiger partial charge in [0.25, 0.3) is 0 Å². The lowest BCUT2D eigenvalue weighted by atomic mass is 10.2. The molecule has 0 amide bonds. The molecule has 0 saturated carbocycles. The van der Waals surface area contributed by atoms with Gasteiger partial charge in [-0.25, -0.2) is 9.37 Å². The van der Waals surface area contributed by atoms with Gasteiger partial charge >= 0.3 is 0 Å². The fraction of sp³-hybridized carbons (Fsp3) is 0.267. The third kappa shape index (κ3) is 3.55. The van der Waals surface area contributed by atoms with Gasteiger partial charge in [0.1, 0.15) is 10.8 Å². The number of hydrogen-bond donors (Lipinski definition) is 0. The first-order valence-corrected chi connectivity index (χ1v) is 7.66. The minimum absolute atomic E-state index is 0.240. The number of nitrogens with zero attached hydrogens (tertiary/aromatic N) is 4. The third-order valence-electron chi connectivity index (χ3n) is 3.06. The highest BCUT2D eigenvalue weighted by molar-refractivity contribution is 7.13. The van der Waals surface area contributed by atoms with E-state index in [9.17, 15) is 4.39 Å². The number of aromatic nitrogens is 3. The van der Waals surface area contributed by atoms with Crippen LogP contribution < -0.4 is 0 Å². The molecule has 0 radical (unpaired) electrons. The Morgan fingerprint density at radius 2 is 1.95 bits per heavy atom. The molecule has 0 aliphatic carbocycles. The largest absolute Gasteiger partial charge is 0.340 e. The van der Waals surface area contributed by atoms with Crippen molar-refractivity contribution in [2.75, 3.05) is 7.05 Å². The Labute approximate surface area is 131 Å². The maximum atomic E-state index is 12.9. The summed E-state index contributed by atoms with van der Waals surface area (Å²) >= 11 is 1.55. The highest BCUT2D eigenvalue weighted by Crippen LogP contribution is 2.24. The summed E-state index contributed by atoms with van der Waals surface area (Å²) in [6, 6.07) is 6.37. The summed E-state index contributed by atoms with van der Waals surface area (Å²) in [5.41, 5.74) is 1.89. The van der Waals surface area contributed by atoms with Gasteiger partial charge in [0.2, 0.25) is 5.89 Å². The van der Waals surface area contributed by atoms with Gasteiger partial charge in [-0.2, -0.15) is 4.98 Å². The molecule has 0 N–H and O–H groups in total. The summed E-state index contributed by atoms with van der Waals surface area (Å²) in [4.78, 5) is 10.8. The van der Waals surface area contributed by atoms with Crippen LogP contribution in [0.4, 0.5) is 4.39 Å². The molecular formula is C15H15FN4OS. The number of halogens is 1. The minimum atomic E-state index is -0.240. The Kier molecular flexibility index (Phi) is 4.26.